The normalized spacial score (nSPS) is 19.0. The molecule has 2 N–H and O–H groups in total. The molecule has 1 amide bonds. The van der Waals surface area contributed by atoms with E-state index in [2.05, 4.69) is 27.7 Å². The van der Waals surface area contributed by atoms with E-state index >= 15 is 0 Å². The first-order valence-corrected chi connectivity index (χ1v) is 7.45. The summed E-state index contributed by atoms with van der Waals surface area (Å²) in [5.41, 5.74) is 2.42. The lowest BCUT2D eigenvalue weighted by Gasteiger charge is -2.35. The van der Waals surface area contributed by atoms with Crippen LogP contribution in [0.2, 0.25) is 0 Å². The Morgan fingerprint density at radius 2 is 2.24 bits per heavy atom. The summed E-state index contributed by atoms with van der Waals surface area (Å²) < 4.78 is 5.04. The highest BCUT2D eigenvalue weighted by Gasteiger charge is 2.25. The van der Waals surface area contributed by atoms with Crippen LogP contribution in [0.1, 0.15) is 24.9 Å². The Labute approximate surface area is 126 Å². The van der Waals surface area contributed by atoms with Crippen LogP contribution in [0.3, 0.4) is 0 Å². The Kier molecular flexibility index (Phi) is 5.59. The number of ether oxygens (including phenoxy) is 1. The first-order chi connectivity index (χ1) is 10.2. The molecule has 0 radical (unpaired) electrons. The fraction of sp³-hybridized carbons (Fsp3) is 0.562. The number of hydrogen-bond donors (Lipinski definition) is 2. The number of benzene rings is 1. The van der Waals surface area contributed by atoms with Crippen molar-refractivity contribution in [2.45, 2.75) is 25.4 Å². The predicted molar refractivity (Wildman–Crippen MR) is 84.6 cm³/mol. The predicted octanol–water partition coefficient (Wildman–Crippen LogP) is 1.31. The van der Waals surface area contributed by atoms with Gasteiger partial charge in [0, 0.05) is 31.4 Å². The van der Waals surface area contributed by atoms with Crippen LogP contribution in [0.5, 0.6) is 0 Å². The monoisotopic (exact) mass is 291 g/mol. The molecule has 1 aromatic carbocycles. The van der Waals surface area contributed by atoms with Crippen molar-refractivity contribution in [2.24, 2.45) is 0 Å². The van der Waals surface area contributed by atoms with E-state index in [1.54, 1.807) is 7.11 Å². The molecular formula is C16H25N3O2. The molecule has 0 saturated heterocycles. The first-order valence-electron chi connectivity index (χ1n) is 7.45. The maximum absolute atomic E-state index is 12.1. The number of hydrogen-bond acceptors (Lipinski definition) is 4. The van der Waals surface area contributed by atoms with Gasteiger partial charge >= 0.3 is 0 Å². The largest absolute Gasteiger partial charge is 0.383 e. The maximum Gasteiger partial charge on any atom is 0.239 e. The van der Waals surface area contributed by atoms with Crippen LogP contribution in [0.15, 0.2) is 24.3 Å². The Hall–Kier alpha value is -1.59. The van der Waals surface area contributed by atoms with E-state index in [9.17, 15) is 4.79 Å². The van der Waals surface area contributed by atoms with Crippen LogP contribution < -0.4 is 15.5 Å². The van der Waals surface area contributed by atoms with Crippen molar-refractivity contribution >= 4 is 11.6 Å². The second-order valence-electron chi connectivity index (χ2n) is 5.53. The second kappa shape index (κ2) is 7.43. The zero-order valence-electron chi connectivity index (χ0n) is 13.1. The van der Waals surface area contributed by atoms with Gasteiger partial charge in [-0.25, -0.2) is 0 Å². The van der Waals surface area contributed by atoms with Gasteiger partial charge in [-0.1, -0.05) is 18.2 Å². The van der Waals surface area contributed by atoms with Crippen molar-refractivity contribution in [1.82, 2.24) is 10.6 Å². The molecule has 0 aromatic heterocycles. The Balaban J connectivity index is 2.03. The summed E-state index contributed by atoms with van der Waals surface area (Å²) in [5, 5.41) is 6.30. The molecule has 116 valence electrons. The molecule has 2 rings (SSSR count). The van der Waals surface area contributed by atoms with Crippen molar-refractivity contribution < 1.29 is 9.53 Å². The Morgan fingerprint density at radius 3 is 2.95 bits per heavy atom. The van der Waals surface area contributed by atoms with Crippen molar-refractivity contribution in [3.63, 3.8) is 0 Å². The molecule has 21 heavy (non-hydrogen) atoms. The zero-order chi connectivity index (χ0) is 15.2. The lowest BCUT2D eigenvalue weighted by atomic mass is 9.96. The number of fused-ring (bicyclic) bond motifs is 1. The molecule has 1 heterocycles. The van der Waals surface area contributed by atoms with Crippen molar-refractivity contribution in [2.75, 3.05) is 38.8 Å². The fourth-order valence-electron chi connectivity index (χ4n) is 2.88. The smallest absolute Gasteiger partial charge is 0.239 e. The number of amides is 1. The third-order valence-electron chi connectivity index (χ3n) is 3.85. The van der Waals surface area contributed by atoms with Crippen molar-refractivity contribution in [3.8, 4) is 0 Å². The molecule has 0 aliphatic carbocycles. The molecule has 0 saturated carbocycles. The minimum atomic E-state index is 0.0348. The average Bonchev–Trinajstić information content (AvgIpc) is 2.47. The van der Waals surface area contributed by atoms with Gasteiger partial charge in [0.1, 0.15) is 0 Å². The minimum Gasteiger partial charge on any atom is -0.383 e. The highest BCUT2D eigenvalue weighted by atomic mass is 16.5. The van der Waals surface area contributed by atoms with Gasteiger partial charge in [-0.3, -0.25) is 4.79 Å². The molecular weight excluding hydrogens is 266 g/mol. The van der Waals surface area contributed by atoms with E-state index in [0.717, 1.165) is 18.7 Å². The SMILES string of the molecule is CNC1CCN(CC(=O)NC(C)COC)c2ccccc21. The summed E-state index contributed by atoms with van der Waals surface area (Å²) in [6.07, 6.45) is 1.01. The molecule has 0 bridgehead atoms. The number of nitrogens with zero attached hydrogens (tertiary/aromatic N) is 1. The first kappa shape index (κ1) is 15.8. The van der Waals surface area contributed by atoms with Gasteiger partial charge in [0.15, 0.2) is 0 Å². The fourth-order valence-corrected chi connectivity index (χ4v) is 2.88. The number of methoxy groups -OCH3 is 1. The van der Waals surface area contributed by atoms with E-state index in [1.807, 2.05) is 26.1 Å². The molecule has 1 aliphatic heterocycles. The number of para-hydroxylation sites is 1. The third-order valence-corrected chi connectivity index (χ3v) is 3.85. The van der Waals surface area contributed by atoms with Gasteiger partial charge < -0.3 is 20.3 Å². The highest BCUT2D eigenvalue weighted by molar-refractivity contribution is 5.82. The summed E-state index contributed by atoms with van der Waals surface area (Å²) in [6, 6.07) is 8.70. The summed E-state index contributed by atoms with van der Waals surface area (Å²) in [4.78, 5) is 14.3. The van der Waals surface area contributed by atoms with Crippen LogP contribution in [-0.2, 0) is 9.53 Å². The number of nitrogens with one attached hydrogen (secondary N) is 2. The molecule has 0 fully saturated rings. The average molecular weight is 291 g/mol. The lowest BCUT2D eigenvalue weighted by Crippen LogP contribution is -2.45. The zero-order valence-corrected chi connectivity index (χ0v) is 13.1. The van der Waals surface area contributed by atoms with Crippen molar-refractivity contribution in [3.05, 3.63) is 29.8 Å². The minimum absolute atomic E-state index is 0.0348. The van der Waals surface area contributed by atoms with Gasteiger partial charge in [-0.2, -0.15) is 0 Å². The maximum atomic E-state index is 12.1. The van der Waals surface area contributed by atoms with Crippen molar-refractivity contribution in [1.29, 1.82) is 0 Å². The van der Waals surface area contributed by atoms with E-state index in [1.165, 1.54) is 5.56 Å². The number of anilines is 1. The summed E-state index contributed by atoms with van der Waals surface area (Å²) in [6.45, 7) is 3.75. The standard InChI is InChI=1S/C16H25N3O2/c1-12(11-21-3)18-16(20)10-19-9-8-14(17-2)13-6-4-5-7-15(13)19/h4-7,12,14,17H,8-11H2,1-3H3,(H,18,20). The van der Waals surface area contributed by atoms with Crippen LogP contribution >= 0.6 is 0 Å². The van der Waals surface area contributed by atoms with Gasteiger partial charge in [0.2, 0.25) is 5.91 Å². The van der Waals surface area contributed by atoms with Gasteiger partial charge in [0.25, 0.3) is 0 Å². The highest BCUT2D eigenvalue weighted by Crippen LogP contribution is 2.32. The summed E-state index contributed by atoms with van der Waals surface area (Å²) in [7, 11) is 3.62. The van der Waals surface area contributed by atoms with Gasteiger partial charge in [-0.15, -0.1) is 0 Å². The van der Waals surface area contributed by atoms with E-state index < -0.39 is 0 Å². The topological polar surface area (TPSA) is 53.6 Å². The summed E-state index contributed by atoms with van der Waals surface area (Å²) >= 11 is 0. The molecule has 5 heteroatoms. The molecule has 0 spiro atoms. The van der Waals surface area contributed by atoms with E-state index in [4.69, 9.17) is 4.74 Å². The number of carbonyl (C=O) groups excluding carboxylic acids is 1. The molecule has 1 aliphatic rings. The van der Waals surface area contributed by atoms with Crippen LogP contribution in [-0.4, -0.2) is 45.8 Å². The third kappa shape index (κ3) is 3.95. The molecule has 2 unspecified atom stereocenters. The van der Waals surface area contributed by atoms with Gasteiger partial charge in [-0.05, 0) is 32.0 Å². The number of rotatable bonds is 6. The summed E-state index contributed by atoms with van der Waals surface area (Å²) in [5.74, 6) is 0.0391. The molecule has 5 nitrogen and oxygen atoms in total. The van der Waals surface area contributed by atoms with Crippen LogP contribution in [0.4, 0.5) is 5.69 Å². The van der Waals surface area contributed by atoms with Crippen LogP contribution in [0, 0.1) is 0 Å². The quantitative estimate of drug-likeness (QED) is 0.830. The second-order valence-corrected chi connectivity index (χ2v) is 5.53. The van der Waals surface area contributed by atoms with Crippen LogP contribution in [0.25, 0.3) is 0 Å². The lowest BCUT2D eigenvalue weighted by molar-refractivity contribution is -0.120. The number of carbonyl (C=O) groups is 1. The molecule has 2 atom stereocenters. The Bertz CT molecular complexity index is 478. The van der Waals surface area contributed by atoms with E-state index in [0.29, 0.717) is 19.2 Å². The van der Waals surface area contributed by atoms with Gasteiger partial charge in [0.05, 0.1) is 13.2 Å². The molecule has 1 aromatic rings. The van der Waals surface area contributed by atoms with E-state index in [-0.39, 0.29) is 11.9 Å². The Morgan fingerprint density at radius 1 is 1.48 bits per heavy atom.